The van der Waals surface area contributed by atoms with Gasteiger partial charge in [-0.2, -0.15) is 0 Å². The molecule has 3 nitrogen and oxygen atoms in total. The maximum Gasteiger partial charge on any atom is 0.110 e. The minimum atomic E-state index is -1.94. The molecule has 2 aromatic heterocycles. The Morgan fingerprint density at radius 2 is 2.24 bits per heavy atom. The number of nitrogens with zero attached hydrogens (tertiary/aromatic N) is 1. The van der Waals surface area contributed by atoms with Gasteiger partial charge in [-0.1, -0.05) is 0 Å². The highest BCUT2D eigenvalue weighted by Crippen LogP contribution is 2.37. The maximum absolute atomic E-state index is 11.6. The molecule has 5 heteroatoms. The van der Waals surface area contributed by atoms with E-state index in [1.807, 2.05) is 31.7 Å². The summed E-state index contributed by atoms with van der Waals surface area (Å²) in [7, 11) is -1.94. The third kappa shape index (κ3) is 3.30. The third-order valence-electron chi connectivity index (χ3n) is 2.55. The number of rotatable bonds is 4. The van der Waals surface area contributed by atoms with Crippen LogP contribution in [0.25, 0.3) is 11.3 Å². The van der Waals surface area contributed by atoms with Crippen molar-refractivity contribution in [2.45, 2.75) is 13.3 Å². The Labute approximate surface area is 105 Å². The van der Waals surface area contributed by atoms with Gasteiger partial charge in [0.25, 0.3) is 0 Å². The number of aryl methyl sites for hydroxylation is 2. The van der Waals surface area contributed by atoms with Gasteiger partial charge in [0.15, 0.2) is 0 Å². The summed E-state index contributed by atoms with van der Waals surface area (Å²) in [5.41, 5.74) is 2.00. The summed E-state index contributed by atoms with van der Waals surface area (Å²) in [6, 6.07) is 1.93. The van der Waals surface area contributed by atoms with E-state index in [0.717, 1.165) is 34.6 Å². The molecule has 0 aliphatic rings. The minimum absolute atomic E-state index is 0.727. The lowest BCUT2D eigenvalue weighted by molar-refractivity contribution is 0.535. The Kier molecular flexibility index (Phi) is 3.55. The lowest BCUT2D eigenvalue weighted by Crippen LogP contribution is -1.92. The smallest absolute Gasteiger partial charge is 0.110 e. The van der Waals surface area contributed by atoms with Crippen LogP contribution < -0.4 is 0 Å². The van der Waals surface area contributed by atoms with E-state index in [2.05, 4.69) is 4.98 Å². The van der Waals surface area contributed by atoms with Crippen molar-refractivity contribution in [1.29, 1.82) is 0 Å². The minimum Gasteiger partial charge on any atom is -0.469 e. The van der Waals surface area contributed by atoms with E-state index in [1.165, 1.54) is 0 Å². The Morgan fingerprint density at radius 1 is 1.47 bits per heavy atom. The molecule has 0 atom stereocenters. The predicted octanol–water partition coefficient (Wildman–Crippen LogP) is 3.88. The first-order chi connectivity index (χ1) is 7.96. The number of hydrogen-bond donors (Lipinski definition) is 0. The molecule has 0 aliphatic heterocycles. The van der Waals surface area contributed by atoms with Crippen LogP contribution in [0.5, 0.6) is 0 Å². The first-order valence-electron chi connectivity index (χ1n) is 5.48. The Morgan fingerprint density at radius 3 is 2.82 bits per heavy atom. The van der Waals surface area contributed by atoms with Gasteiger partial charge in [0.1, 0.15) is 5.76 Å². The van der Waals surface area contributed by atoms with Crippen LogP contribution in [0.2, 0.25) is 0 Å². The van der Waals surface area contributed by atoms with E-state index in [1.54, 1.807) is 17.6 Å². The highest BCUT2D eigenvalue weighted by molar-refractivity contribution is 7.62. The molecule has 92 valence electrons. The van der Waals surface area contributed by atoms with Crippen molar-refractivity contribution in [3.05, 3.63) is 28.5 Å². The molecule has 2 heterocycles. The summed E-state index contributed by atoms with van der Waals surface area (Å²) in [6.45, 7) is 5.57. The van der Waals surface area contributed by atoms with Crippen molar-refractivity contribution in [3.63, 3.8) is 0 Å². The number of aromatic nitrogens is 1. The van der Waals surface area contributed by atoms with Crippen molar-refractivity contribution >= 4 is 18.5 Å². The first-order valence-corrected chi connectivity index (χ1v) is 9.15. The molecule has 2 rings (SSSR count). The summed E-state index contributed by atoms with van der Waals surface area (Å²) < 4.78 is 16.9. The van der Waals surface area contributed by atoms with Crippen molar-refractivity contribution in [3.8, 4) is 11.3 Å². The highest BCUT2D eigenvalue weighted by atomic mass is 32.1. The molecule has 17 heavy (non-hydrogen) atoms. The number of furan rings is 1. The summed E-state index contributed by atoms with van der Waals surface area (Å²) >= 11 is 1.62. The average Bonchev–Trinajstić information content (AvgIpc) is 2.81. The average molecular weight is 269 g/mol. The lowest BCUT2D eigenvalue weighted by Gasteiger charge is -2.02. The number of hydrogen-bond acceptors (Lipinski definition) is 4. The zero-order valence-corrected chi connectivity index (χ0v) is 12.0. The van der Waals surface area contributed by atoms with Gasteiger partial charge in [0.05, 0.1) is 24.1 Å². The second kappa shape index (κ2) is 4.79. The third-order valence-corrected chi connectivity index (χ3v) is 4.76. The van der Waals surface area contributed by atoms with Gasteiger partial charge in [-0.05, 0) is 26.3 Å². The lowest BCUT2D eigenvalue weighted by atomic mass is 10.2. The van der Waals surface area contributed by atoms with Gasteiger partial charge in [0, 0.05) is 23.5 Å². The Bertz CT molecular complexity index is 552. The van der Waals surface area contributed by atoms with Crippen LogP contribution in [0, 0.1) is 6.92 Å². The van der Waals surface area contributed by atoms with E-state index < -0.39 is 7.14 Å². The molecule has 0 fully saturated rings. The topological polar surface area (TPSA) is 43.1 Å². The molecular formula is C12H16NO2PS. The largest absolute Gasteiger partial charge is 0.469 e. The summed E-state index contributed by atoms with van der Waals surface area (Å²) in [5, 5.41) is 3.08. The SMILES string of the molecule is Cc1occc1-c1csc(CCP(C)(C)=O)n1. The number of thiazole rings is 1. The molecular weight excluding hydrogens is 253 g/mol. The molecule has 0 radical (unpaired) electrons. The molecule has 0 spiro atoms. The fraction of sp³-hybridized carbons (Fsp3) is 0.417. The van der Waals surface area contributed by atoms with E-state index in [-0.39, 0.29) is 0 Å². The second-order valence-corrected chi connectivity index (χ2v) is 9.10. The molecule has 0 saturated carbocycles. The van der Waals surface area contributed by atoms with Crippen LogP contribution in [0.4, 0.5) is 0 Å². The Hall–Kier alpha value is -0.860. The van der Waals surface area contributed by atoms with Gasteiger partial charge in [-0.15, -0.1) is 11.3 Å². The highest BCUT2D eigenvalue weighted by Gasteiger charge is 2.12. The van der Waals surface area contributed by atoms with Crippen molar-refractivity contribution in [2.24, 2.45) is 0 Å². The zero-order chi connectivity index (χ0) is 12.5. The standard InChI is InChI=1S/C12H16NO2PS/c1-9-10(4-6-15-9)11-8-17-12(13-11)5-7-16(2,3)14/h4,6,8H,5,7H2,1-3H3. The van der Waals surface area contributed by atoms with Gasteiger partial charge in [-0.3, -0.25) is 0 Å². The fourth-order valence-electron chi connectivity index (χ4n) is 1.57. The first kappa shape index (κ1) is 12.6. The van der Waals surface area contributed by atoms with Crippen LogP contribution in [0.15, 0.2) is 22.1 Å². The van der Waals surface area contributed by atoms with E-state index >= 15 is 0 Å². The molecule has 0 amide bonds. The summed E-state index contributed by atoms with van der Waals surface area (Å²) in [6.07, 6.45) is 3.20. The van der Waals surface area contributed by atoms with Crippen LogP contribution >= 0.6 is 18.5 Å². The van der Waals surface area contributed by atoms with Gasteiger partial charge >= 0.3 is 0 Å². The van der Waals surface area contributed by atoms with Gasteiger partial charge in [0.2, 0.25) is 0 Å². The summed E-state index contributed by atoms with van der Waals surface area (Å²) in [5.74, 6) is 0.888. The van der Waals surface area contributed by atoms with E-state index in [0.29, 0.717) is 0 Å². The van der Waals surface area contributed by atoms with Crippen LogP contribution in [0.3, 0.4) is 0 Å². The van der Waals surface area contributed by atoms with Crippen molar-refractivity contribution < 1.29 is 8.98 Å². The molecule has 0 bridgehead atoms. The molecule has 0 unspecified atom stereocenters. The molecule has 2 aromatic rings. The van der Waals surface area contributed by atoms with E-state index in [4.69, 9.17) is 4.42 Å². The second-order valence-electron chi connectivity index (χ2n) is 4.56. The van der Waals surface area contributed by atoms with Gasteiger partial charge < -0.3 is 8.98 Å². The normalized spacial score (nSPS) is 11.9. The predicted molar refractivity (Wildman–Crippen MR) is 72.6 cm³/mol. The molecule has 0 N–H and O–H groups in total. The van der Waals surface area contributed by atoms with Crippen LogP contribution in [-0.4, -0.2) is 24.5 Å². The van der Waals surface area contributed by atoms with E-state index in [9.17, 15) is 4.57 Å². The van der Waals surface area contributed by atoms with Gasteiger partial charge in [-0.25, -0.2) is 4.98 Å². The zero-order valence-electron chi connectivity index (χ0n) is 10.3. The van der Waals surface area contributed by atoms with Crippen LogP contribution in [0.1, 0.15) is 10.8 Å². The Balaban J connectivity index is 2.12. The quantitative estimate of drug-likeness (QED) is 0.791. The molecule has 0 saturated heterocycles. The maximum atomic E-state index is 11.6. The summed E-state index contributed by atoms with van der Waals surface area (Å²) in [4.78, 5) is 4.55. The van der Waals surface area contributed by atoms with Crippen LogP contribution in [-0.2, 0) is 11.0 Å². The monoisotopic (exact) mass is 269 g/mol. The fourth-order valence-corrected chi connectivity index (χ4v) is 3.26. The van der Waals surface area contributed by atoms with Crippen molar-refractivity contribution in [1.82, 2.24) is 4.98 Å². The molecule has 0 aliphatic carbocycles. The van der Waals surface area contributed by atoms with Crippen molar-refractivity contribution in [2.75, 3.05) is 19.5 Å². The molecule has 0 aromatic carbocycles.